The highest BCUT2D eigenvalue weighted by Gasteiger charge is 2.74. The number of ketones is 3. The van der Waals surface area contributed by atoms with E-state index in [0.717, 1.165) is 5.57 Å². The van der Waals surface area contributed by atoms with Crippen LogP contribution in [0.25, 0.3) is 0 Å². The van der Waals surface area contributed by atoms with Gasteiger partial charge in [0.15, 0.2) is 11.5 Å². The Labute approximate surface area is 281 Å². The maximum absolute atomic E-state index is 14.7. The van der Waals surface area contributed by atoms with Crippen molar-refractivity contribution in [2.45, 2.75) is 136 Å². The normalized spacial score (nSPS) is 45.3. The molecule has 3 fully saturated rings. The molecule has 0 aromatic carbocycles. The van der Waals surface area contributed by atoms with Crippen molar-refractivity contribution >= 4 is 17.3 Å². The van der Waals surface area contributed by atoms with Gasteiger partial charge in [-0.05, 0) is 76.7 Å². The van der Waals surface area contributed by atoms with E-state index in [-0.39, 0.29) is 43.1 Å². The molecule has 7 N–H and O–H groups in total. The maximum Gasteiger partial charge on any atom is 0.229 e. The minimum atomic E-state index is -1.97. The van der Waals surface area contributed by atoms with Crippen LogP contribution in [0.1, 0.15) is 87.5 Å². The van der Waals surface area contributed by atoms with E-state index in [9.17, 15) is 50.1 Å². The Morgan fingerprint density at radius 1 is 0.979 bits per heavy atom. The fraction of sp³-hybridized carbons (Fsp3) is 0.806. The van der Waals surface area contributed by atoms with Gasteiger partial charge in [-0.2, -0.15) is 0 Å². The summed E-state index contributed by atoms with van der Waals surface area (Å²) >= 11 is 0. The molecule has 0 amide bonds. The lowest BCUT2D eigenvalue weighted by Gasteiger charge is -2.63. The van der Waals surface area contributed by atoms with Gasteiger partial charge in [-0.1, -0.05) is 32.4 Å². The summed E-state index contributed by atoms with van der Waals surface area (Å²) in [6, 6.07) is 0. The van der Waals surface area contributed by atoms with E-state index in [1.54, 1.807) is 33.8 Å². The van der Waals surface area contributed by atoms with Crippen molar-refractivity contribution in [3.8, 4) is 0 Å². The zero-order valence-electron chi connectivity index (χ0n) is 29.3. The van der Waals surface area contributed by atoms with Crippen LogP contribution in [0.4, 0.5) is 0 Å². The van der Waals surface area contributed by atoms with Crippen molar-refractivity contribution in [1.29, 1.82) is 0 Å². The average molecular weight is 679 g/mol. The van der Waals surface area contributed by atoms with Crippen molar-refractivity contribution in [1.82, 2.24) is 0 Å². The quantitative estimate of drug-likeness (QED) is 0.180. The summed E-state index contributed by atoms with van der Waals surface area (Å²) in [4.78, 5) is 42.0. The van der Waals surface area contributed by atoms with E-state index >= 15 is 0 Å². The number of ether oxygens (including phenoxy) is 2. The topological polar surface area (TPSA) is 211 Å². The zero-order chi connectivity index (χ0) is 36.2. The van der Waals surface area contributed by atoms with Crippen molar-refractivity contribution in [3.63, 3.8) is 0 Å². The van der Waals surface area contributed by atoms with Gasteiger partial charge in [-0.25, -0.2) is 0 Å². The Morgan fingerprint density at radius 3 is 2.19 bits per heavy atom. The molecule has 0 bridgehead atoms. The van der Waals surface area contributed by atoms with Crippen molar-refractivity contribution in [2.24, 2.45) is 39.4 Å². The molecule has 5 aliphatic rings. The first kappa shape index (κ1) is 37.2. The first-order valence-corrected chi connectivity index (χ1v) is 17.0. The number of allylic oxidation sites excluding steroid dienone is 4. The molecule has 1 saturated heterocycles. The maximum atomic E-state index is 14.7. The van der Waals surface area contributed by atoms with Gasteiger partial charge in [-0.3, -0.25) is 14.4 Å². The van der Waals surface area contributed by atoms with Crippen LogP contribution in [0.3, 0.4) is 0 Å². The average Bonchev–Trinajstić information content (AvgIpc) is 3.19. The minimum absolute atomic E-state index is 0.0396. The van der Waals surface area contributed by atoms with Crippen LogP contribution < -0.4 is 0 Å². The molecule has 12 nitrogen and oxygen atoms in total. The number of hydrogen-bond acceptors (Lipinski definition) is 12. The highest BCUT2D eigenvalue weighted by molar-refractivity contribution is 6.02. The molecule has 7 unspecified atom stereocenters. The summed E-state index contributed by atoms with van der Waals surface area (Å²) < 4.78 is 11.5. The molecule has 2 saturated carbocycles. The van der Waals surface area contributed by atoms with Crippen LogP contribution in [0.5, 0.6) is 0 Å². The lowest BCUT2D eigenvalue weighted by Crippen LogP contribution is -2.64. The van der Waals surface area contributed by atoms with E-state index in [1.807, 2.05) is 26.8 Å². The minimum Gasteiger partial charge on any atom is -0.459 e. The van der Waals surface area contributed by atoms with Gasteiger partial charge in [-0.15, -0.1) is 0 Å². The number of carbonyl (C=O) groups is 3. The van der Waals surface area contributed by atoms with E-state index in [2.05, 4.69) is 0 Å². The van der Waals surface area contributed by atoms with Crippen LogP contribution in [-0.2, 0) is 23.9 Å². The Balaban J connectivity index is 1.53. The third-order valence-electron chi connectivity index (χ3n) is 13.2. The first-order valence-electron chi connectivity index (χ1n) is 17.0. The van der Waals surface area contributed by atoms with Crippen molar-refractivity contribution < 1.29 is 59.6 Å². The van der Waals surface area contributed by atoms with Crippen LogP contribution in [0.2, 0.25) is 0 Å². The first-order chi connectivity index (χ1) is 21.9. The second kappa shape index (κ2) is 11.8. The number of hydrogen-bond donors (Lipinski definition) is 7. The molecule has 48 heavy (non-hydrogen) atoms. The molecule has 0 aromatic rings. The molecule has 1 heterocycles. The number of aliphatic hydroxyl groups is 7. The fourth-order valence-corrected chi connectivity index (χ4v) is 10.2. The molecule has 0 radical (unpaired) electrons. The third-order valence-corrected chi connectivity index (χ3v) is 13.2. The van der Waals surface area contributed by atoms with E-state index in [1.165, 1.54) is 6.92 Å². The van der Waals surface area contributed by atoms with E-state index < -0.39 is 99.7 Å². The van der Waals surface area contributed by atoms with Gasteiger partial charge < -0.3 is 45.2 Å². The monoisotopic (exact) mass is 678 g/mol. The summed E-state index contributed by atoms with van der Waals surface area (Å²) in [5, 5.41) is 74.5. The molecule has 0 spiro atoms. The standard InChI is InChI=1S/C36H54O12/c1-31(2,45)12-11-23(39)36(8,46)28-19(38)14-33(5)22-10-9-17-18(35(22,7)24(40)15-34(28,33)6)13-20(29(44)32(17,3)4)47-30-27(43)26(42)25(41)21(16-37)48-30/h9,13,18-19,21-22,25-28,30,37-38,41-43,45-46H,10-12,14-16H2,1-8H3/t18-,19-,21?,22+,25?,26?,27?,28?,30?,33+,34-,35+,36?/m1/s1. The molecular weight excluding hydrogens is 624 g/mol. The lowest BCUT2D eigenvalue weighted by atomic mass is 9.39. The van der Waals surface area contributed by atoms with Gasteiger partial charge in [0.05, 0.1) is 23.7 Å². The largest absolute Gasteiger partial charge is 0.459 e. The van der Waals surface area contributed by atoms with Crippen LogP contribution in [-0.4, -0.2) is 108 Å². The predicted molar refractivity (Wildman–Crippen MR) is 171 cm³/mol. The van der Waals surface area contributed by atoms with Crippen LogP contribution in [0, 0.1) is 39.4 Å². The van der Waals surface area contributed by atoms with Crippen LogP contribution >= 0.6 is 0 Å². The number of carbonyl (C=O) groups excluding carboxylic acids is 3. The predicted octanol–water partition coefficient (Wildman–Crippen LogP) is 1.10. The molecule has 270 valence electrons. The van der Waals surface area contributed by atoms with Gasteiger partial charge in [0, 0.05) is 30.1 Å². The number of rotatable bonds is 8. The molecule has 1 aliphatic heterocycles. The lowest BCUT2D eigenvalue weighted by molar-refractivity contribution is -0.291. The van der Waals surface area contributed by atoms with Gasteiger partial charge in [0.1, 0.15) is 35.8 Å². The van der Waals surface area contributed by atoms with Gasteiger partial charge >= 0.3 is 0 Å². The van der Waals surface area contributed by atoms with Crippen molar-refractivity contribution in [3.05, 3.63) is 23.5 Å². The fourth-order valence-electron chi connectivity index (χ4n) is 10.2. The highest BCUT2D eigenvalue weighted by Crippen LogP contribution is 2.74. The van der Waals surface area contributed by atoms with Gasteiger partial charge in [0.2, 0.25) is 12.1 Å². The molecule has 5 rings (SSSR count). The molecule has 4 aliphatic carbocycles. The Kier molecular flexibility index (Phi) is 9.12. The zero-order valence-corrected chi connectivity index (χ0v) is 29.3. The highest BCUT2D eigenvalue weighted by atomic mass is 16.7. The molecule has 12 heteroatoms. The van der Waals surface area contributed by atoms with E-state index in [4.69, 9.17) is 9.47 Å². The summed E-state index contributed by atoms with van der Waals surface area (Å²) in [7, 11) is 0. The second-order valence-corrected chi connectivity index (χ2v) is 17.1. The third kappa shape index (κ3) is 5.28. The summed E-state index contributed by atoms with van der Waals surface area (Å²) in [5.41, 5.74) is -6.30. The summed E-state index contributed by atoms with van der Waals surface area (Å²) in [6.07, 6.45) is -4.80. The SMILES string of the molecule is CC(C)(O)CCC(=O)C(C)(O)C1[C@H](O)C[C@@]2(C)[C@@H]3CC=C4[C@@H](C=C(OC5OC(CO)C(O)C(O)C5O)C(=O)C4(C)C)[C@]3(C)C(=O)C[C@]12C. The Bertz CT molecular complexity index is 1410. The molecule has 13 atom stereocenters. The number of Topliss-reactive ketones (excluding diaryl/α,β-unsaturated/α-hetero) is 3. The van der Waals surface area contributed by atoms with Gasteiger partial charge in [0.25, 0.3) is 0 Å². The van der Waals surface area contributed by atoms with Crippen LogP contribution in [0.15, 0.2) is 23.5 Å². The summed E-state index contributed by atoms with van der Waals surface area (Å²) in [6.45, 7) is 13.1. The Hall–Kier alpha value is -2.03. The van der Waals surface area contributed by atoms with E-state index in [0.29, 0.717) is 6.42 Å². The molecule has 0 aromatic heterocycles. The summed E-state index contributed by atoms with van der Waals surface area (Å²) in [5.74, 6) is -3.21. The Morgan fingerprint density at radius 2 is 1.60 bits per heavy atom. The number of aliphatic hydroxyl groups excluding tert-OH is 5. The second-order valence-electron chi connectivity index (χ2n) is 17.1. The smallest absolute Gasteiger partial charge is 0.229 e. The number of fused-ring (bicyclic) bond motifs is 5. The van der Waals surface area contributed by atoms with Crippen molar-refractivity contribution in [2.75, 3.05) is 6.61 Å². The molecular formula is C36H54O12.